The van der Waals surface area contributed by atoms with Crippen LogP contribution >= 0.6 is 0 Å². The molecule has 0 N–H and O–H groups in total. The summed E-state index contributed by atoms with van der Waals surface area (Å²) in [6.45, 7) is 0.518. The summed E-state index contributed by atoms with van der Waals surface area (Å²) in [5.41, 5.74) is 0. The van der Waals surface area contributed by atoms with Crippen LogP contribution in [-0.4, -0.2) is 22.9 Å². The summed E-state index contributed by atoms with van der Waals surface area (Å²) < 4.78 is 17.1. The topological polar surface area (TPSA) is 57.4 Å². The van der Waals surface area contributed by atoms with E-state index in [1.54, 1.807) is 0 Å². The predicted molar refractivity (Wildman–Crippen MR) is 80.2 cm³/mol. The summed E-state index contributed by atoms with van der Waals surface area (Å²) in [4.78, 5) is 4.57. The van der Waals surface area contributed by atoms with Crippen molar-refractivity contribution in [3.05, 3.63) is 36.0 Å². The second-order valence-corrected chi connectivity index (χ2v) is 6.09. The zero-order valence-corrected chi connectivity index (χ0v) is 12.5. The lowest BCUT2D eigenvalue weighted by atomic mass is 9.89. The average molecular weight is 300 g/mol. The maximum atomic E-state index is 5.94. The Balaban J connectivity index is 1.41. The van der Waals surface area contributed by atoms with Gasteiger partial charge in [0.2, 0.25) is 5.89 Å². The second kappa shape index (κ2) is 5.99. The lowest BCUT2D eigenvalue weighted by Crippen LogP contribution is -2.31. The van der Waals surface area contributed by atoms with Crippen LogP contribution in [0.25, 0.3) is 0 Å². The van der Waals surface area contributed by atoms with Crippen molar-refractivity contribution in [2.24, 2.45) is 0 Å². The molecule has 0 bridgehead atoms. The molecule has 116 valence electrons. The fraction of sp³-hybridized carbons (Fsp3) is 0.529. The van der Waals surface area contributed by atoms with E-state index < -0.39 is 0 Å². The highest BCUT2D eigenvalue weighted by atomic mass is 16.6. The first kappa shape index (κ1) is 13.6. The van der Waals surface area contributed by atoms with Crippen molar-refractivity contribution < 1.29 is 14.0 Å². The third-order valence-corrected chi connectivity index (χ3v) is 4.42. The van der Waals surface area contributed by atoms with Crippen LogP contribution in [0, 0.1) is 0 Å². The van der Waals surface area contributed by atoms with Gasteiger partial charge in [0.1, 0.15) is 12.7 Å². The van der Waals surface area contributed by atoms with Crippen LogP contribution in [0.4, 0.5) is 0 Å². The molecule has 22 heavy (non-hydrogen) atoms. The van der Waals surface area contributed by atoms with Crippen LogP contribution < -0.4 is 9.47 Å². The highest BCUT2D eigenvalue weighted by Gasteiger charge is 2.25. The average Bonchev–Trinajstić information content (AvgIpc) is 3.04. The zero-order valence-electron chi connectivity index (χ0n) is 12.5. The van der Waals surface area contributed by atoms with Crippen molar-refractivity contribution in [3.8, 4) is 11.5 Å². The number of para-hydroxylation sites is 2. The van der Waals surface area contributed by atoms with Crippen LogP contribution in [0.2, 0.25) is 0 Å². The van der Waals surface area contributed by atoms with Crippen molar-refractivity contribution in [1.82, 2.24) is 10.1 Å². The fourth-order valence-electron chi connectivity index (χ4n) is 3.23. The summed E-state index contributed by atoms with van der Waals surface area (Å²) in [6.07, 6.45) is 6.73. The Labute approximate surface area is 129 Å². The lowest BCUT2D eigenvalue weighted by Gasteiger charge is -2.25. The normalized spacial score (nSPS) is 21.7. The van der Waals surface area contributed by atoms with Gasteiger partial charge in [-0.25, -0.2) is 0 Å². The van der Waals surface area contributed by atoms with Gasteiger partial charge in [-0.15, -0.1) is 0 Å². The first-order valence-corrected chi connectivity index (χ1v) is 8.09. The smallest absolute Gasteiger partial charge is 0.229 e. The van der Waals surface area contributed by atoms with Crippen LogP contribution in [0.15, 0.2) is 28.8 Å². The Morgan fingerprint density at radius 2 is 1.86 bits per heavy atom. The summed E-state index contributed by atoms with van der Waals surface area (Å²) in [6, 6.07) is 7.73. The molecule has 1 unspecified atom stereocenters. The minimum atomic E-state index is -0.0632. The minimum Gasteiger partial charge on any atom is -0.486 e. The third-order valence-electron chi connectivity index (χ3n) is 4.42. The molecule has 2 aliphatic rings. The second-order valence-electron chi connectivity index (χ2n) is 6.09. The summed E-state index contributed by atoms with van der Waals surface area (Å²) in [7, 11) is 0. The number of rotatable bonds is 3. The molecule has 2 heterocycles. The molecule has 5 nitrogen and oxygen atoms in total. The molecule has 0 radical (unpaired) electrons. The molecule has 1 aliphatic heterocycles. The lowest BCUT2D eigenvalue weighted by molar-refractivity contribution is 0.0894. The van der Waals surface area contributed by atoms with Crippen molar-refractivity contribution in [2.45, 2.75) is 50.5 Å². The van der Waals surface area contributed by atoms with E-state index in [1.807, 2.05) is 24.3 Å². The maximum Gasteiger partial charge on any atom is 0.229 e. The van der Waals surface area contributed by atoms with E-state index in [9.17, 15) is 0 Å². The molecule has 4 rings (SSSR count). The van der Waals surface area contributed by atoms with E-state index in [1.165, 1.54) is 19.3 Å². The zero-order chi connectivity index (χ0) is 14.8. The molecule has 0 spiro atoms. The van der Waals surface area contributed by atoms with Gasteiger partial charge in [0, 0.05) is 5.92 Å². The van der Waals surface area contributed by atoms with Crippen LogP contribution in [-0.2, 0) is 6.42 Å². The Bertz CT molecular complexity index is 634. The Kier molecular flexibility index (Phi) is 3.70. The molecule has 1 aliphatic carbocycles. The number of hydrogen-bond acceptors (Lipinski definition) is 5. The molecule has 0 saturated heterocycles. The van der Waals surface area contributed by atoms with Gasteiger partial charge in [0.05, 0.1) is 6.42 Å². The van der Waals surface area contributed by atoms with Gasteiger partial charge in [-0.3, -0.25) is 0 Å². The van der Waals surface area contributed by atoms with Crippen molar-refractivity contribution in [3.63, 3.8) is 0 Å². The van der Waals surface area contributed by atoms with E-state index in [0.29, 0.717) is 24.8 Å². The standard InChI is InChI=1S/C17H20N2O3/c1-2-6-12(7-3-1)17-18-16(19-22-17)10-13-11-20-14-8-4-5-9-15(14)21-13/h4-5,8-9,12-13H,1-3,6-7,10-11H2. The highest BCUT2D eigenvalue weighted by molar-refractivity contribution is 5.40. The molecule has 1 aromatic heterocycles. The molecule has 1 fully saturated rings. The fourth-order valence-corrected chi connectivity index (χ4v) is 3.23. The van der Waals surface area contributed by atoms with Gasteiger partial charge in [-0.05, 0) is 25.0 Å². The number of hydrogen-bond donors (Lipinski definition) is 0. The van der Waals surface area contributed by atoms with Crippen LogP contribution in [0.3, 0.4) is 0 Å². The highest BCUT2D eigenvalue weighted by Crippen LogP contribution is 2.33. The number of aromatic nitrogens is 2. The van der Waals surface area contributed by atoms with Gasteiger partial charge < -0.3 is 14.0 Å². The number of benzene rings is 1. The van der Waals surface area contributed by atoms with E-state index >= 15 is 0 Å². The largest absolute Gasteiger partial charge is 0.486 e. The first-order valence-electron chi connectivity index (χ1n) is 8.09. The summed E-state index contributed by atoms with van der Waals surface area (Å²) in [5, 5.41) is 4.12. The summed E-state index contributed by atoms with van der Waals surface area (Å²) in [5.74, 6) is 3.55. The molecule has 1 aromatic carbocycles. The molecule has 1 saturated carbocycles. The van der Waals surface area contributed by atoms with E-state index in [-0.39, 0.29) is 6.10 Å². The summed E-state index contributed by atoms with van der Waals surface area (Å²) >= 11 is 0. The predicted octanol–water partition coefficient (Wildman–Crippen LogP) is 3.50. The van der Waals surface area contributed by atoms with Crippen LogP contribution in [0.1, 0.15) is 49.7 Å². The van der Waals surface area contributed by atoms with Gasteiger partial charge in [-0.1, -0.05) is 36.6 Å². The van der Waals surface area contributed by atoms with Gasteiger partial charge >= 0.3 is 0 Å². The number of nitrogens with zero attached hydrogens (tertiary/aromatic N) is 2. The number of fused-ring (bicyclic) bond motifs is 1. The maximum absolute atomic E-state index is 5.94. The van der Waals surface area contributed by atoms with Gasteiger partial charge in [0.25, 0.3) is 0 Å². The molecular formula is C17H20N2O3. The first-order chi connectivity index (χ1) is 10.9. The Hall–Kier alpha value is -2.04. The SMILES string of the molecule is c1ccc2c(c1)OCC(Cc1noc(C3CCCCC3)n1)O2. The van der Waals surface area contributed by atoms with E-state index in [0.717, 1.165) is 30.2 Å². The van der Waals surface area contributed by atoms with Crippen molar-refractivity contribution in [2.75, 3.05) is 6.61 Å². The van der Waals surface area contributed by atoms with E-state index in [2.05, 4.69) is 10.1 Å². The molecule has 0 amide bonds. The molecule has 2 aromatic rings. The number of ether oxygens (including phenoxy) is 2. The van der Waals surface area contributed by atoms with Gasteiger partial charge in [-0.2, -0.15) is 4.98 Å². The quantitative estimate of drug-likeness (QED) is 0.868. The van der Waals surface area contributed by atoms with Crippen molar-refractivity contribution >= 4 is 0 Å². The van der Waals surface area contributed by atoms with Gasteiger partial charge in [0.15, 0.2) is 17.3 Å². The minimum absolute atomic E-state index is 0.0632. The molecule has 1 atom stereocenters. The Morgan fingerprint density at radius 3 is 2.73 bits per heavy atom. The third kappa shape index (κ3) is 2.80. The van der Waals surface area contributed by atoms with Crippen LogP contribution in [0.5, 0.6) is 11.5 Å². The molecule has 5 heteroatoms. The monoisotopic (exact) mass is 300 g/mol. The van der Waals surface area contributed by atoms with Crippen molar-refractivity contribution in [1.29, 1.82) is 0 Å². The Morgan fingerprint density at radius 1 is 1.05 bits per heavy atom. The van der Waals surface area contributed by atoms with E-state index in [4.69, 9.17) is 14.0 Å². The molecular weight excluding hydrogens is 280 g/mol.